The molecule has 0 spiro atoms. The first kappa shape index (κ1) is 62.6. The summed E-state index contributed by atoms with van der Waals surface area (Å²) < 4.78 is 5.07. The van der Waals surface area contributed by atoms with Gasteiger partial charge >= 0.3 is 0 Å². The van der Waals surface area contributed by atoms with Crippen molar-refractivity contribution in [1.29, 1.82) is 0 Å². The van der Waals surface area contributed by atoms with Crippen molar-refractivity contribution < 1.29 is 111 Å². The zero-order chi connectivity index (χ0) is 52.5. The minimum absolute atomic E-state index is 0. The Bertz CT molecular complexity index is 3560. The smallest absolute Gasteiger partial charge is 0.211 e. The summed E-state index contributed by atoms with van der Waals surface area (Å²) in [7, 11) is 5.48. The van der Waals surface area contributed by atoms with E-state index in [-0.39, 0.29) is 148 Å². The molecule has 0 unspecified atom stereocenters. The first-order valence-corrected chi connectivity index (χ1v) is 22.8. The number of rotatable bonds is 7. The van der Waals surface area contributed by atoms with Crippen LogP contribution in [0.4, 0.5) is 17.1 Å². The molecular weight excluding hydrogens is 1200 g/mol. The third-order valence-electron chi connectivity index (χ3n) is 11.3. The van der Waals surface area contributed by atoms with Crippen LogP contribution in [0.25, 0.3) is 5.57 Å². The molecular formula is C57H40ClCoCuFeN7NiO9. The number of aromatic nitrogens is 4. The molecule has 0 saturated heterocycles. The number of nitrogens with one attached hydrogen (secondary N) is 2. The molecule has 16 nitrogen and oxygen atoms in total. The summed E-state index contributed by atoms with van der Waals surface area (Å²) in [4.78, 5) is 113. The van der Waals surface area contributed by atoms with Crippen molar-refractivity contribution in [3.63, 3.8) is 0 Å². The fourth-order valence-corrected chi connectivity index (χ4v) is 7.69. The van der Waals surface area contributed by atoms with Gasteiger partial charge in [0.1, 0.15) is 28.5 Å². The molecule has 21 heteroatoms. The van der Waals surface area contributed by atoms with E-state index in [1.54, 1.807) is 104 Å². The quantitative estimate of drug-likeness (QED) is 0.142. The van der Waals surface area contributed by atoms with E-state index in [9.17, 15) is 38.4 Å². The number of anilines is 3. The number of methoxy groups -OCH3 is 1. The van der Waals surface area contributed by atoms with Crippen molar-refractivity contribution in [2.24, 2.45) is 0 Å². The molecule has 4 aliphatic rings. The van der Waals surface area contributed by atoms with E-state index in [0.717, 1.165) is 17.0 Å². The van der Waals surface area contributed by atoms with E-state index < -0.39 is 0 Å². The molecule has 4 aliphatic carbocycles. The van der Waals surface area contributed by atoms with Gasteiger partial charge in [-0.1, -0.05) is 23.7 Å². The first-order valence-electron chi connectivity index (χ1n) is 22.4. The van der Waals surface area contributed by atoms with Crippen molar-refractivity contribution in [3.8, 4) is 5.75 Å². The van der Waals surface area contributed by atoms with E-state index in [1.165, 1.54) is 55.2 Å². The second-order valence-corrected chi connectivity index (χ2v) is 16.8. The van der Waals surface area contributed by atoms with Crippen LogP contribution in [0, 0.1) is 0 Å². The molecule has 7 aromatic rings. The summed E-state index contributed by atoms with van der Waals surface area (Å²) in [5.74, 6) is -1.07. The van der Waals surface area contributed by atoms with Gasteiger partial charge in [-0.3, -0.25) is 58.3 Å². The first-order chi connectivity index (χ1) is 35.7. The maximum atomic E-state index is 12.5. The molecule has 3 aromatic carbocycles. The predicted octanol–water partition coefficient (Wildman–Crippen LogP) is 9.19. The van der Waals surface area contributed by atoms with Gasteiger partial charge in [0.25, 0.3) is 0 Å². The number of carbonyl (C=O) groups excluding carboxylic acids is 8. The summed E-state index contributed by atoms with van der Waals surface area (Å²) in [5.41, 5.74) is 6.35. The molecule has 0 atom stereocenters. The number of halogens is 1. The average Bonchev–Trinajstić information content (AvgIpc) is 3.47. The second-order valence-electron chi connectivity index (χ2n) is 16.3. The summed E-state index contributed by atoms with van der Waals surface area (Å²) in [6, 6.07) is 34.6. The zero-order valence-electron chi connectivity index (χ0n) is 40.8. The van der Waals surface area contributed by atoms with Gasteiger partial charge < -0.3 is 20.3 Å². The molecule has 2 radical (unpaired) electrons. The topological polar surface area (TPSA) is 225 Å². The number of hydrogen-bond acceptors (Lipinski definition) is 16. The van der Waals surface area contributed by atoms with E-state index in [2.05, 4.69) is 30.6 Å². The Balaban J connectivity index is 0.000000224. The van der Waals surface area contributed by atoms with Crippen LogP contribution in [0.3, 0.4) is 0 Å². The normalized spacial score (nSPS) is 13.1. The molecule has 0 amide bonds. The maximum absolute atomic E-state index is 12.5. The van der Waals surface area contributed by atoms with E-state index in [4.69, 9.17) is 16.3 Å². The molecule has 4 aromatic heterocycles. The number of hydrogen-bond donors (Lipinski definition) is 2. The average molecular weight is 1240 g/mol. The summed E-state index contributed by atoms with van der Waals surface area (Å²) >= 11 is 5.80. The van der Waals surface area contributed by atoms with Crippen LogP contribution in [0.15, 0.2) is 188 Å². The number of ketones is 8. The minimum atomic E-state index is -0.281. The van der Waals surface area contributed by atoms with Gasteiger partial charge in [0.15, 0.2) is 11.6 Å². The number of ether oxygens (including phenoxy) is 1. The molecule has 2 N–H and O–H groups in total. The Hall–Kier alpha value is -7.89. The number of Topliss-reactive ketones (excluding diaryl/α,β-unsaturated/α-hetero) is 3. The van der Waals surface area contributed by atoms with Crippen molar-refractivity contribution in [1.82, 2.24) is 19.9 Å². The maximum Gasteiger partial charge on any atom is 0.211 e. The van der Waals surface area contributed by atoms with Gasteiger partial charge in [-0.25, -0.2) is 0 Å². The van der Waals surface area contributed by atoms with E-state index in [1.807, 2.05) is 43.3 Å². The Morgan fingerprint density at radius 2 is 0.859 bits per heavy atom. The fourth-order valence-electron chi connectivity index (χ4n) is 7.56. The van der Waals surface area contributed by atoms with Crippen LogP contribution in [0.5, 0.6) is 5.75 Å². The SMILES string of the molecule is CN(C)c1ccc(C2=CC(=O)c3ncccc3C2=O)cc1.COc1ccc(NC2=CC(=O)c3ncccc3C2=O)cc1.O=C1C(Nc2ccc(Cl)cc2)=CC(=O)c2ncccc21.O=C1C=CC(=O)c2ncccc21.[Co].[Cu].[Fe].[Ni]. The minimum Gasteiger partial charge on any atom is -0.497 e. The number of benzene rings is 3. The second kappa shape index (κ2) is 28.5. The number of nitrogens with zero attached hydrogens (tertiary/aromatic N) is 5. The summed E-state index contributed by atoms with van der Waals surface area (Å²) in [6.45, 7) is 0. The van der Waals surface area contributed by atoms with Gasteiger partial charge in [-0.2, -0.15) is 0 Å². The van der Waals surface area contributed by atoms with Gasteiger partial charge in [0, 0.05) is 146 Å². The molecule has 0 saturated carbocycles. The largest absolute Gasteiger partial charge is 0.497 e. The number of allylic oxidation sites excluding steroid dienone is 8. The van der Waals surface area contributed by atoms with Crippen molar-refractivity contribution in [2.75, 3.05) is 36.7 Å². The number of carbonyl (C=O) groups is 8. The number of fused-ring (bicyclic) bond motifs is 4. The number of pyridine rings is 4. The van der Waals surface area contributed by atoms with Gasteiger partial charge in [-0.15, -0.1) is 0 Å². The molecule has 4 heterocycles. The Morgan fingerprint density at radius 3 is 1.28 bits per heavy atom. The fraction of sp³-hybridized carbons (Fsp3) is 0.0526. The Morgan fingerprint density at radius 1 is 0.474 bits per heavy atom. The van der Waals surface area contributed by atoms with Crippen molar-refractivity contribution in [3.05, 3.63) is 244 Å². The third-order valence-corrected chi connectivity index (χ3v) is 11.5. The monoisotopic (exact) mass is 1240 g/mol. The third kappa shape index (κ3) is 14.6. The molecule has 78 heavy (non-hydrogen) atoms. The van der Waals surface area contributed by atoms with E-state index >= 15 is 0 Å². The molecule has 11 rings (SSSR count). The van der Waals surface area contributed by atoms with Crippen LogP contribution in [-0.2, 0) is 67.4 Å². The van der Waals surface area contributed by atoms with Crippen LogP contribution in [0.1, 0.15) is 88.9 Å². The van der Waals surface area contributed by atoms with Crippen LogP contribution < -0.4 is 20.3 Å². The van der Waals surface area contributed by atoms with Gasteiger partial charge in [0.05, 0.1) is 40.8 Å². The van der Waals surface area contributed by atoms with Crippen LogP contribution >= 0.6 is 11.6 Å². The van der Waals surface area contributed by atoms with Gasteiger partial charge in [0.2, 0.25) is 34.7 Å². The zero-order valence-corrected chi connectivity index (χ0v) is 45.7. The molecule has 0 fully saturated rings. The standard InChI is InChI=1S/C17H14N2O2.C16H12N2O3.C15H9ClN2O2.C9H5NO2.Co.Cu.Fe.Ni/c1-19(2)12-7-5-11(6-8-12)14-10-15(20)16-13(17(14)21)4-3-9-18-16;1-21-11-6-4-10(5-7-11)18-13-9-14(19)15-12(16(13)20)3-2-8-17-15;16-9-3-5-10(6-4-9)18-12-8-13(19)14-11(15(12)20)2-1-7-17-14;11-7-3-4-8(12)9-6(7)2-1-5-10-9;;;;/h3-10H,1-2H3;2-9,18H,1H3;1-8,18H;1-5H;;;;. The van der Waals surface area contributed by atoms with Crippen molar-refractivity contribution in [2.45, 2.75) is 0 Å². The van der Waals surface area contributed by atoms with Crippen molar-refractivity contribution >= 4 is 80.5 Å². The summed E-state index contributed by atoms with van der Waals surface area (Å²) in [5, 5.41) is 6.50. The van der Waals surface area contributed by atoms with Gasteiger partial charge in [-0.05, 0) is 133 Å². The molecule has 0 aliphatic heterocycles. The van der Waals surface area contributed by atoms with Crippen LogP contribution in [-0.4, -0.2) is 87.4 Å². The molecule has 402 valence electrons. The Kier molecular flexibility index (Phi) is 22.9. The molecule has 0 bridgehead atoms. The van der Waals surface area contributed by atoms with E-state index in [0.29, 0.717) is 44.2 Å². The van der Waals surface area contributed by atoms with Crippen LogP contribution in [0.2, 0.25) is 5.02 Å². The predicted molar refractivity (Wildman–Crippen MR) is 277 cm³/mol. The summed E-state index contributed by atoms with van der Waals surface area (Å²) in [6.07, 6.45) is 12.5. The Labute approximate surface area is 493 Å².